The second kappa shape index (κ2) is 7.88. The molecule has 5 rings (SSSR count). The van der Waals surface area contributed by atoms with E-state index in [1.165, 1.54) is 0 Å². The van der Waals surface area contributed by atoms with Crippen LogP contribution in [0.2, 0.25) is 0 Å². The van der Waals surface area contributed by atoms with Gasteiger partial charge in [-0.05, 0) is 0 Å². The van der Waals surface area contributed by atoms with Crippen molar-refractivity contribution in [2.45, 2.75) is 5.85 Å². The first-order chi connectivity index (χ1) is 15.6. The Balaban J connectivity index is 1.93. The molecule has 5 heteroatoms. The van der Waals surface area contributed by atoms with E-state index >= 15 is 0 Å². The first-order valence-corrected chi connectivity index (χ1v) is 14.7. The van der Waals surface area contributed by atoms with Gasteiger partial charge in [0.2, 0.25) is 0 Å². The number of carbonyl (C=O) groups excluding carboxylic acids is 1. The normalized spacial score (nSPS) is 16.5. The van der Waals surface area contributed by atoms with Gasteiger partial charge in [-0.1, -0.05) is 0 Å². The van der Waals surface area contributed by atoms with Crippen molar-refractivity contribution >= 4 is 42.7 Å². The van der Waals surface area contributed by atoms with Gasteiger partial charge in [-0.25, -0.2) is 0 Å². The zero-order valence-corrected chi connectivity index (χ0v) is 20.0. The molecule has 0 amide bonds. The monoisotopic (exact) mass is 504 g/mol. The zero-order valence-electron chi connectivity index (χ0n) is 17.5. The summed E-state index contributed by atoms with van der Waals surface area (Å²) in [6, 6.07) is 36.6. The van der Waals surface area contributed by atoms with E-state index in [1.54, 1.807) is 13.2 Å². The van der Waals surface area contributed by atoms with Crippen molar-refractivity contribution in [2.75, 3.05) is 7.11 Å². The number of hydrogen-bond donors (Lipinski definition) is 0. The molecule has 32 heavy (non-hydrogen) atoms. The third-order valence-corrected chi connectivity index (χ3v) is 16.2. The van der Waals surface area contributed by atoms with Gasteiger partial charge in [0.05, 0.1) is 0 Å². The molecule has 0 radical (unpaired) electrons. The number of halogens is 1. The third-order valence-electron chi connectivity index (χ3n) is 6.19. The minimum atomic E-state index is -3.51. The Morgan fingerprint density at radius 1 is 0.750 bits per heavy atom. The van der Waals surface area contributed by atoms with Crippen LogP contribution < -0.4 is 20.7 Å². The van der Waals surface area contributed by atoms with Gasteiger partial charge < -0.3 is 0 Å². The number of rotatable bonds is 5. The second-order valence-electron chi connectivity index (χ2n) is 7.79. The molecular formula is C27H22BrO3P. The van der Waals surface area contributed by atoms with E-state index in [2.05, 4.69) is 51.9 Å². The molecule has 160 valence electrons. The van der Waals surface area contributed by atoms with Gasteiger partial charge in [-0.3, -0.25) is 0 Å². The summed E-state index contributed by atoms with van der Waals surface area (Å²) < 4.78 is 11.7. The fourth-order valence-electron chi connectivity index (χ4n) is 4.65. The molecule has 0 spiro atoms. The van der Waals surface area contributed by atoms with Crippen LogP contribution >= 0.6 is 20.8 Å². The van der Waals surface area contributed by atoms with E-state index in [0.29, 0.717) is 11.3 Å². The van der Waals surface area contributed by atoms with E-state index in [0.717, 1.165) is 21.5 Å². The number of benzene rings is 4. The standard InChI is InChI=1S/C27H22BrO3P/c1-30-20-17-18-24-25(19-20)26(29)31-27(24)32(28,21-11-5-2-6-12-21,22-13-7-3-8-14-22)23-15-9-4-10-16-23/h2-19,27H,1H3. The molecule has 0 N–H and O–H groups in total. The van der Waals surface area contributed by atoms with E-state index in [1.807, 2.05) is 66.7 Å². The second-order valence-corrected chi connectivity index (χ2v) is 16.4. The molecule has 1 unspecified atom stereocenters. The van der Waals surface area contributed by atoms with Gasteiger partial charge in [0, 0.05) is 0 Å². The van der Waals surface area contributed by atoms with Crippen molar-refractivity contribution in [3.05, 3.63) is 120 Å². The number of fused-ring (bicyclic) bond motifs is 1. The van der Waals surface area contributed by atoms with Crippen molar-refractivity contribution in [1.82, 2.24) is 0 Å². The van der Waals surface area contributed by atoms with Crippen LogP contribution in [0.15, 0.2) is 109 Å². The molecule has 0 aromatic heterocycles. The van der Waals surface area contributed by atoms with Crippen molar-refractivity contribution in [1.29, 1.82) is 0 Å². The Hall–Kier alpha value is -2.94. The average molecular weight is 505 g/mol. The molecule has 1 heterocycles. The summed E-state index contributed by atoms with van der Waals surface area (Å²) in [5.74, 6) is -0.225. The molecule has 0 fully saturated rings. The Kier molecular flexibility index (Phi) is 5.16. The molecule has 1 atom stereocenters. The number of cyclic esters (lactones) is 1. The predicted molar refractivity (Wildman–Crippen MR) is 135 cm³/mol. The molecule has 0 bridgehead atoms. The number of methoxy groups -OCH3 is 1. The van der Waals surface area contributed by atoms with Crippen LogP contribution in [-0.2, 0) is 4.74 Å². The van der Waals surface area contributed by atoms with Crippen molar-refractivity contribution in [3.63, 3.8) is 0 Å². The summed E-state index contributed by atoms with van der Waals surface area (Å²) in [6.45, 7) is 0. The summed E-state index contributed by atoms with van der Waals surface area (Å²) in [4.78, 5) is 13.1. The summed E-state index contributed by atoms with van der Waals surface area (Å²) in [7, 11) is 1.60. The Bertz CT molecular complexity index is 1180. The van der Waals surface area contributed by atoms with Gasteiger partial charge in [0.25, 0.3) is 0 Å². The zero-order chi connectivity index (χ0) is 22.2. The molecule has 1 aliphatic rings. The topological polar surface area (TPSA) is 35.5 Å². The maximum absolute atomic E-state index is 13.1. The fourth-order valence-corrected chi connectivity index (χ4v) is 12.7. The number of ether oxygens (including phenoxy) is 2. The molecule has 0 saturated heterocycles. The van der Waals surface area contributed by atoms with Crippen LogP contribution in [-0.4, -0.2) is 13.1 Å². The molecule has 1 aliphatic heterocycles. The predicted octanol–water partition coefficient (Wildman–Crippen LogP) is 5.70. The van der Waals surface area contributed by atoms with Crippen LogP contribution in [0.25, 0.3) is 0 Å². The Morgan fingerprint density at radius 2 is 1.22 bits per heavy atom. The van der Waals surface area contributed by atoms with Crippen LogP contribution in [0.5, 0.6) is 5.75 Å². The fraction of sp³-hybridized carbons (Fsp3) is 0.0741. The molecule has 0 saturated carbocycles. The van der Waals surface area contributed by atoms with Crippen LogP contribution in [0, 0.1) is 0 Å². The Labute approximate surface area is 195 Å². The first kappa shape index (κ1) is 20.9. The van der Waals surface area contributed by atoms with Gasteiger partial charge in [-0.2, -0.15) is 0 Å². The molecular weight excluding hydrogens is 483 g/mol. The van der Waals surface area contributed by atoms with Crippen molar-refractivity contribution < 1.29 is 14.3 Å². The Morgan fingerprint density at radius 3 is 1.66 bits per heavy atom. The molecule has 4 aromatic carbocycles. The van der Waals surface area contributed by atoms with Crippen molar-refractivity contribution in [3.8, 4) is 5.75 Å². The summed E-state index contributed by atoms with van der Waals surface area (Å²) >= 11 is 4.40. The first-order valence-electron chi connectivity index (χ1n) is 10.4. The van der Waals surface area contributed by atoms with E-state index in [4.69, 9.17) is 9.47 Å². The van der Waals surface area contributed by atoms with Crippen LogP contribution in [0.1, 0.15) is 21.8 Å². The van der Waals surface area contributed by atoms with Crippen LogP contribution in [0.4, 0.5) is 0 Å². The van der Waals surface area contributed by atoms with E-state index in [-0.39, 0.29) is 5.97 Å². The quantitative estimate of drug-likeness (QED) is 0.258. The third kappa shape index (κ3) is 2.87. The van der Waals surface area contributed by atoms with Gasteiger partial charge >= 0.3 is 196 Å². The molecule has 0 aliphatic carbocycles. The van der Waals surface area contributed by atoms with Crippen LogP contribution in [0.3, 0.4) is 0 Å². The summed E-state index contributed by atoms with van der Waals surface area (Å²) in [5.41, 5.74) is 1.41. The van der Waals surface area contributed by atoms with Crippen molar-refractivity contribution in [2.24, 2.45) is 0 Å². The number of hydrogen-bond acceptors (Lipinski definition) is 3. The molecule has 3 nitrogen and oxygen atoms in total. The number of carbonyl (C=O) groups is 1. The SMILES string of the molecule is COc1ccc2c(c1)C(=O)OC2P(Br)(c1ccccc1)(c1ccccc1)c1ccccc1. The summed E-state index contributed by atoms with van der Waals surface area (Å²) in [5, 5.41) is -0.225. The van der Waals surface area contributed by atoms with E-state index < -0.39 is 11.2 Å². The van der Waals surface area contributed by atoms with E-state index in [9.17, 15) is 4.79 Å². The number of esters is 1. The molecule has 4 aromatic rings. The maximum atomic E-state index is 13.1. The minimum absolute atomic E-state index is 0.333. The average Bonchev–Trinajstić information content (AvgIpc) is 3.21. The van der Waals surface area contributed by atoms with Gasteiger partial charge in [-0.15, -0.1) is 0 Å². The van der Waals surface area contributed by atoms with Gasteiger partial charge in [0.1, 0.15) is 0 Å². The van der Waals surface area contributed by atoms with Gasteiger partial charge in [0.15, 0.2) is 0 Å². The summed E-state index contributed by atoms with van der Waals surface area (Å²) in [6.07, 6.45) is 0.